The van der Waals surface area contributed by atoms with E-state index in [9.17, 15) is 4.79 Å². The van der Waals surface area contributed by atoms with Crippen LogP contribution in [0.25, 0.3) is 0 Å². The molecule has 0 aromatic heterocycles. The molecule has 1 aliphatic rings. The van der Waals surface area contributed by atoms with Gasteiger partial charge in [0.1, 0.15) is 0 Å². The van der Waals surface area contributed by atoms with Gasteiger partial charge in [0.15, 0.2) is 0 Å². The fourth-order valence-electron chi connectivity index (χ4n) is 2.75. The summed E-state index contributed by atoms with van der Waals surface area (Å²) in [5, 5.41) is 2.95. The second-order valence-corrected chi connectivity index (χ2v) is 5.99. The van der Waals surface area contributed by atoms with Crippen molar-refractivity contribution in [2.75, 3.05) is 33.4 Å². The Bertz CT molecular complexity index is 456. The Morgan fingerprint density at radius 3 is 2.54 bits per heavy atom. The van der Waals surface area contributed by atoms with Crippen molar-refractivity contribution in [3.8, 4) is 0 Å². The first-order valence-electron chi connectivity index (χ1n) is 8.00. The third-order valence-corrected chi connectivity index (χ3v) is 4.16. The van der Waals surface area contributed by atoms with Gasteiger partial charge in [0.05, 0.1) is 6.04 Å². The third kappa shape index (κ3) is 7.81. The monoisotopic (exact) mass is 377 g/mol. The van der Waals surface area contributed by atoms with E-state index in [0.717, 1.165) is 25.9 Å². The average molecular weight is 378 g/mol. The van der Waals surface area contributed by atoms with Crippen LogP contribution in [0.1, 0.15) is 18.4 Å². The van der Waals surface area contributed by atoms with E-state index in [0.29, 0.717) is 19.8 Å². The SMILES string of the molecule is CN(CCNC(=O)C(N)C1CCOCC1)Cc1ccccc1.Cl.Cl. The van der Waals surface area contributed by atoms with Crippen LogP contribution < -0.4 is 11.1 Å². The minimum Gasteiger partial charge on any atom is -0.381 e. The van der Waals surface area contributed by atoms with Crippen molar-refractivity contribution in [3.05, 3.63) is 35.9 Å². The molecule has 1 aromatic rings. The maximum absolute atomic E-state index is 12.1. The quantitative estimate of drug-likeness (QED) is 0.760. The number of carbonyl (C=O) groups is 1. The summed E-state index contributed by atoms with van der Waals surface area (Å²) in [7, 11) is 2.05. The summed E-state index contributed by atoms with van der Waals surface area (Å²) in [4.78, 5) is 14.3. The molecule has 1 unspecified atom stereocenters. The maximum atomic E-state index is 12.1. The van der Waals surface area contributed by atoms with Crippen molar-refractivity contribution in [1.82, 2.24) is 10.2 Å². The van der Waals surface area contributed by atoms with Gasteiger partial charge in [0.25, 0.3) is 0 Å². The summed E-state index contributed by atoms with van der Waals surface area (Å²) in [6, 6.07) is 9.90. The van der Waals surface area contributed by atoms with E-state index in [1.165, 1.54) is 5.56 Å². The standard InChI is InChI=1S/C17H27N3O2.2ClH/c1-20(13-14-5-3-2-4-6-14)10-9-19-17(21)16(18)15-7-11-22-12-8-15;;/h2-6,15-16H,7-13,18H2,1H3,(H,19,21);2*1H. The second-order valence-electron chi connectivity index (χ2n) is 5.99. The van der Waals surface area contributed by atoms with E-state index in [4.69, 9.17) is 10.5 Å². The first-order valence-corrected chi connectivity index (χ1v) is 8.00. The number of rotatable bonds is 7. The fourth-order valence-corrected chi connectivity index (χ4v) is 2.75. The summed E-state index contributed by atoms with van der Waals surface area (Å²) in [5.74, 6) is 0.204. The highest BCUT2D eigenvalue weighted by molar-refractivity contribution is 5.85. The van der Waals surface area contributed by atoms with E-state index in [1.54, 1.807) is 0 Å². The predicted octanol–water partition coefficient (Wildman–Crippen LogP) is 1.83. The summed E-state index contributed by atoms with van der Waals surface area (Å²) in [6.07, 6.45) is 1.75. The molecule has 1 aromatic carbocycles. The lowest BCUT2D eigenvalue weighted by atomic mass is 9.92. The normalized spacial score (nSPS) is 16.0. The molecule has 5 nitrogen and oxygen atoms in total. The molecule has 1 saturated heterocycles. The molecule has 24 heavy (non-hydrogen) atoms. The Hall–Kier alpha value is -0.850. The number of nitrogens with one attached hydrogen (secondary N) is 1. The molecule has 0 spiro atoms. The summed E-state index contributed by atoms with van der Waals surface area (Å²) in [5.41, 5.74) is 7.32. The molecule has 2 rings (SSSR count). The topological polar surface area (TPSA) is 67.6 Å². The molecular formula is C17H29Cl2N3O2. The molecule has 3 N–H and O–H groups in total. The molecule has 1 aliphatic heterocycles. The number of benzene rings is 1. The third-order valence-electron chi connectivity index (χ3n) is 4.16. The van der Waals surface area contributed by atoms with Crippen LogP contribution in [0.5, 0.6) is 0 Å². The fraction of sp³-hybridized carbons (Fsp3) is 0.588. The largest absolute Gasteiger partial charge is 0.381 e. The van der Waals surface area contributed by atoms with Gasteiger partial charge in [0, 0.05) is 32.8 Å². The van der Waals surface area contributed by atoms with Crippen LogP contribution in [-0.2, 0) is 16.1 Å². The minimum atomic E-state index is -0.414. The van der Waals surface area contributed by atoms with Gasteiger partial charge in [0.2, 0.25) is 5.91 Å². The van der Waals surface area contributed by atoms with Crippen LogP contribution >= 0.6 is 24.8 Å². The lowest BCUT2D eigenvalue weighted by Crippen LogP contribution is -2.48. The molecular weight excluding hydrogens is 349 g/mol. The van der Waals surface area contributed by atoms with Crippen molar-refractivity contribution in [2.24, 2.45) is 11.7 Å². The van der Waals surface area contributed by atoms with Crippen molar-refractivity contribution in [2.45, 2.75) is 25.4 Å². The molecule has 0 aliphatic carbocycles. The summed E-state index contributed by atoms with van der Waals surface area (Å²) in [6.45, 7) is 3.74. The Kier molecular flexibility index (Phi) is 12.1. The number of nitrogens with zero attached hydrogens (tertiary/aromatic N) is 1. The van der Waals surface area contributed by atoms with Crippen molar-refractivity contribution in [1.29, 1.82) is 0 Å². The highest BCUT2D eigenvalue weighted by Crippen LogP contribution is 2.17. The Balaban J connectivity index is 0.00000264. The number of carbonyl (C=O) groups excluding carboxylic acids is 1. The van der Waals surface area contributed by atoms with Gasteiger partial charge in [-0.2, -0.15) is 0 Å². The number of halogens is 2. The van der Waals surface area contributed by atoms with Gasteiger partial charge < -0.3 is 20.7 Å². The van der Waals surface area contributed by atoms with E-state index < -0.39 is 6.04 Å². The molecule has 1 heterocycles. The zero-order valence-corrected chi connectivity index (χ0v) is 15.8. The van der Waals surface area contributed by atoms with E-state index in [1.807, 2.05) is 18.2 Å². The number of nitrogens with two attached hydrogens (primary N) is 1. The van der Waals surface area contributed by atoms with Crippen LogP contribution in [0, 0.1) is 5.92 Å². The Labute approximate surface area is 157 Å². The van der Waals surface area contributed by atoms with Gasteiger partial charge in [-0.25, -0.2) is 0 Å². The zero-order chi connectivity index (χ0) is 15.8. The second kappa shape index (κ2) is 12.5. The highest BCUT2D eigenvalue weighted by atomic mass is 35.5. The van der Waals surface area contributed by atoms with Crippen LogP contribution in [0.2, 0.25) is 0 Å². The number of hydrogen-bond acceptors (Lipinski definition) is 4. The Morgan fingerprint density at radius 1 is 1.29 bits per heavy atom. The van der Waals surface area contributed by atoms with Gasteiger partial charge >= 0.3 is 0 Å². The lowest BCUT2D eigenvalue weighted by Gasteiger charge is -2.27. The van der Waals surface area contributed by atoms with Crippen LogP contribution in [-0.4, -0.2) is 50.2 Å². The number of likely N-dealkylation sites (N-methyl/N-ethyl adjacent to an activating group) is 1. The first kappa shape index (κ1) is 23.1. The molecule has 138 valence electrons. The zero-order valence-electron chi connectivity index (χ0n) is 14.1. The number of hydrogen-bond donors (Lipinski definition) is 2. The van der Waals surface area contributed by atoms with Gasteiger partial charge in [-0.05, 0) is 31.4 Å². The van der Waals surface area contributed by atoms with Gasteiger partial charge in [-0.15, -0.1) is 24.8 Å². The van der Waals surface area contributed by atoms with Crippen LogP contribution in [0.4, 0.5) is 0 Å². The molecule has 0 bridgehead atoms. The molecule has 1 amide bonds. The Morgan fingerprint density at radius 2 is 1.92 bits per heavy atom. The average Bonchev–Trinajstić information content (AvgIpc) is 2.55. The number of ether oxygens (including phenoxy) is 1. The van der Waals surface area contributed by atoms with Crippen LogP contribution in [0.3, 0.4) is 0 Å². The predicted molar refractivity (Wildman–Crippen MR) is 102 cm³/mol. The molecule has 1 fully saturated rings. The number of amides is 1. The smallest absolute Gasteiger partial charge is 0.237 e. The molecule has 1 atom stereocenters. The minimum absolute atomic E-state index is 0. The van der Waals surface area contributed by atoms with E-state index in [-0.39, 0.29) is 36.6 Å². The first-order chi connectivity index (χ1) is 10.7. The molecule has 0 saturated carbocycles. The van der Waals surface area contributed by atoms with E-state index in [2.05, 4.69) is 29.4 Å². The van der Waals surface area contributed by atoms with Crippen molar-refractivity contribution in [3.63, 3.8) is 0 Å². The lowest BCUT2D eigenvalue weighted by molar-refractivity contribution is -0.124. The van der Waals surface area contributed by atoms with E-state index >= 15 is 0 Å². The van der Waals surface area contributed by atoms with Gasteiger partial charge in [-0.1, -0.05) is 30.3 Å². The van der Waals surface area contributed by atoms with Crippen LogP contribution in [0.15, 0.2) is 30.3 Å². The van der Waals surface area contributed by atoms with Crippen molar-refractivity contribution >= 4 is 30.7 Å². The molecule has 7 heteroatoms. The highest BCUT2D eigenvalue weighted by Gasteiger charge is 2.26. The summed E-state index contributed by atoms with van der Waals surface area (Å²) < 4.78 is 5.30. The summed E-state index contributed by atoms with van der Waals surface area (Å²) >= 11 is 0. The maximum Gasteiger partial charge on any atom is 0.237 e. The molecule has 0 radical (unpaired) electrons. The van der Waals surface area contributed by atoms with Gasteiger partial charge in [-0.3, -0.25) is 4.79 Å². The van der Waals surface area contributed by atoms with Crippen molar-refractivity contribution < 1.29 is 9.53 Å².